The molecule has 1 amide bonds. The lowest BCUT2D eigenvalue weighted by Gasteiger charge is -2.03. The van der Waals surface area contributed by atoms with Crippen LogP contribution in [0.2, 0.25) is 0 Å². The van der Waals surface area contributed by atoms with Crippen LogP contribution < -0.4 is 5.43 Å². The van der Waals surface area contributed by atoms with Crippen molar-refractivity contribution in [1.82, 2.24) is 5.43 Å². The smallest absolute Gasteiger partial charge is 0.266 e. The van der Waals surface area contributed by atoms with Gasteiger partial charge in [0.05, 0.1) is 10.6 Å². The van der Waals surface area contributed by atoms with Crippen LogP contribution in [0.4, 0.5) is 0 Å². The van der Waals surface area contributed by atoms with Gasteiger partial charge >= 0.3 is 0 Å². The van der Waals surface area contributed by atoms with Gasteiger partial charge in [0.25, 0.3) is 5.91 Å². The van der Waals surface area contributed by atoms with Gasteiger partial charge in [-0.2, -0.15) is 5.10 Å². The number of carbonyl (C=O) groups excluding carboxylic acids is 1. The lowest BCUT2D eigenvalue weighted by molar-refractivity contribution is 0.0959. The van der Waals surface area contributed by atoms with E-state index in [1.165, 1.54) is 11.3 Å². The Bertz CT molecular complexity index is 838. The Balaban J connectivity index is 1.83. The zero-order chi connectivity index (χ0) is 16.6. The largest absolute Gasteiger partial charge is 0.281 e. The van der Waals surface area contributed by atoms with Crippen LogP contribution in [0.15, 0.2) is 89.4 Å². The fraction of sp³-hybridized carbons (Fsp3) is 0. The molecule has 0 saturated heterocycles. The Morgan fingerprint density at radius 2 is 1.62 bits per heavy atom. The lowest BCUT2D eigenvalue weighted by Crippen LogP contribution is -2.18. The van der Waals surface area contributed by atoms with Crippen molar-refractivity contribution in [2.45, 2.75) is 0 Å². The molecule has 3 rings (SSSR count). The summed E-state index contributed by atoms with van der Waals surface area (Å²) in [4.78, 5) is 12.7. The maximum absolute atomic E-state index is 12.1. The molecule has 0 spiro atoms. The van der Waals surface area contributed by atoms with Crippen molar-refractivity contribution >= 4 is 29.0 Å². The maximum Gasteiger partial charge on any atom is 0.281 e. The SMILES string of the molecule is O=C(NN=C(C=Cc1ccccc1)c1ccccc1)c1cccs1. The number of hydrazone groups is 1. The van der Waals surface area contributed by atoms with Crippen LogP contribution in [0.5, 0.6) is 0 Å². The topological polar surface area (TPSA) is 41.5 Å². The monoisotopic (exact) mass is 332 g/mol. The van der Waals surface area contributed by atoms with Crippen molar-refractivity contribution in [2.75, 3.05) is 0 Å². The molecule has 0 bridgehead atoms. The molecule has 3 nitrogen and oxygen atoms in total. The van der Waals surface area contributed by atoms with Gasteiger partial charge in [-0.1, -0.05) is 72.8 Å². The quantitative estimate of drug-likeness (QED) is 0.538. The summed E-state index contributed by atoms with van der Waals surface area (Å²) in [5, 5.41) is 6.17. The molecule has 2 aromatic carbocycles. The maximum atomic E-state index is 12.1. The van der Waals surface area contributed by atoms with Gasteiger partial charge in [0.2, 0.25) is 0 Å². The van der Waals surface area contributed by atoms with Gasteiger partial charge in [0, 0.05) is 5.56 Å². The predicted octanol–water partition coefficient (Wildman–Crippen LogP) is 4.60. The summed E-state index contributed by atoms with van der Waals surface area (Å²) in [6, 6.07) is 23.4. The van der Waals surface area contributed by atoms with E-state index >= 15 is 0 Å². The van der Waals surface area contributed by atoms with Crippen LogP contribution in [0.25, 0.3) is 6.08 Å². The molecule has 1 aromatic heterocycles. The summed E-state index contributed by atoms with van der Waals surface area (Å²) in [6.45, 7) is 0. The number of amides is 1. The summed E-state index contributed by atoms with van der Waals surface area (Å²) in [5.74, 6) is -0.202. The van der Waals surface area contributed by atoms with Crippen molar-refractivity contribution in [3.63, 3.8) is 0 Å². The Hall–Kier alpha value is -2.98. The molecular formula is C20H16N2OS. The fourth-order valence-corrected chi connectivity index (χ4v) is 2.73. The molecule has 0 radical (unpaired) electrons. The van der Waals surface area contributed by atoms with Crippen LogP contribution in [-0.2, 0) is 0 Å². The van der Waals surface area contributed by atoms with E-state index in [0.717, 1.165) is 11.1 Å². The molecule has 0 aliphatic heterocycles. The van der Waals surface area contributed by atoms with Gasteiger partial charge in [-0.05, 0) is 23.1 Å². The van der Waals surface area contributed by atoms with E-state index in [-0.39, 0.29) is 5.91 Å². The minimum absolute atomic E-state index is 0.202. The van der Waals surface area contributed by atoms with E-state index in [4.69, 9.17) is 0 Å². The van der Waals surface area contributed by atoms with E-state index in [1.807, 2.05) is 84.3 Å². The molecule has 1 N–H and O–H groups in total. The lowest BCUT2D eigenvalue weighted by atomic mass is 10.1. The molecule has 0 aliphatic carbocycles. The molecule has 0 atom stereocenters. The minimum Gasteiger partial charge on any atom is -0.266 e. The van der Waals surface area contributed by atoms with E-state index in [0.29, 0.717) is 10.6 Å². The third-order valence-electron chi connectivity index (χ3n) is 3.33. The number of nitrogens with one attached hydrogen (secondary N) is 1. The average Bonchev–Trinajstić information content (AvgIpc) is 3.18. The molecule has 0 unspecified atom stereocenters. The first-order valence-electron chi connectivity index (χ1n) is 7.53. The van der Waals surface area contributed by atoms with Gasteiger partial charge in [-0.25, -0.2) is 5.43 Å². The van der Waals surface area contributed by atoms with Crippen molar-refractivity contribution < 1.29 is 4.79 Å². The number of nitrogens with zero attached hydrogens (tertiary/aromatic N) is 1. The Morgan fingerprint density at radius 1 is 0.917 bits per heavy atom. The number of carbonyl (C=O) groups is 1. The Morgan fingerprint density at radius 3 is 2.29 bits per heavy atom. The van der Waals surface area contributed by atoms with Crippen LogP contribution >= 0.6 is 11.3 Å². The Kier molecular flexibility index (Phi) is 5.32. The zero-order valence-electron chi connectivity index (χ0n) is 12.9. The number of allylic oxidation sites excluding steroid dienone is 1. The summed E-state index contributed by atoms with van der Waals surface area (Å²) in [5.41, 5.74) is 5.34. The van der Waals surface area contributed by atoms with Crippen molar-refractivity contribution in [3.05, 3.63) is 100 Å². The molecule has 4 heteroatoms. The zero-order valence-corrected chi connectivity index (χ0v) is 13.7. The number of hydrogen-bond acceptors (Lipinski definition) is 3. The second-order valence-corrected chi connectivity index (χ2v) is 5.97. The summed E-state index contributed by atoms with van der Waals surface area (Å²) < 4.78 is 0. The number of benzene rings is 2. The van der Waals surface area contributed by atoms with E-state index in [1.54, 1.807) is 6.07 Å². The fourth-order valence-electron chi connectivity index (χ4n) is 2.12. The highest BCUT2D eigenvalue weighted by Crippen LogP contribution is 2.09. The summed E-state index contributed by atoms with van der Waals surface area (Å²) in [6.07, 6.45) is 3.88. The minimum atomic E-state index is -0.202. The standard InChI is InChI=1S/C20H16N2OS/c23-20(19-12-7-15-24-19)22-21-18(17-10-5-2-6-11-17)14-13-16-8-3-1-4-9-16/h1-15H,(H,22,23). The highest BCUT2D eigenvalue weighted by molar-refractivity contribution is 7.12. The van der Waals surface area contributed by atoms with Crippen LogP contribution in [0.1, 0.15) is 20.8 Å². The normalized spacial score (nSPS) is 11.6. The van der Waals surface area contributed by atoms with Crippen LogP contribution in [0.3, 0.4) is 0 Å². The van der Waals surface area contributed by atoms with Crippen molar-refractivity contribution in [1.29, 1.82) is 0 Å². The molecule has 0 aliphatic rings. The summed E-state index contributed by atoms with van der Waals surface area (Å²) >= 11 is 1.39. The van der Waals surface area contributed by atoms with E-state index in [9.17, 15) is 4.79 Å². The van der Waals surface area contributed by atoms with Crippen LogP contribution in [0, 0.1) is 0 Å². The van der Waals surface area contributed by atoms with Gasteiger partial charge in [-0.15, -0.1) is 11.3 Å². The van der Waals surface area contributed by atoms with Gasteiger partial charge < -0.3 is 0 Å². The van der Waals surface area contributed by atoms with Crippen molar-refractivity contribution in [3.8, 4) is 0 Å². The molecule has 1 heterocycles. The highest BCUT2D eigenvalue weighted by atomic mass is 32.1. The third kappa shape index (κ3) is 4.27. The van der Waals surface area contributed by atoms with Gasteiger partial charge in [0.15, 0.2) is 0 Å². The second kappa shape index (κ2) is 8.04. The highest BCUT2D eigenvalue weighted by Gasteiger charge is 2.06. The molecule has 3 aromatic rings. The van der Waals surface area contributed by atoms with Crippen LogP contribution in [-0.4, -0.2) is 11.6 Å². The van der Waals surface area contributed by atoms with Gasteiger partial charge in [-0.3, -0.25) is 4.79 Å². The first kappa shape index (κ1) is 15.9. The van der Waals surface area contributed by atoms with E-state index in [2.05, 4.69) is 10.5 Å². The average molecular weight is 332 g/mol. The first-order chi connectivity index (χ1) is 11.8. The first-order valence-corrected chi connectivity index (χ1v) is 8.41. The Labute approximate surface area is 145 Å². The number of rotatable bonds is 5. The number of hydrogen-bond donors (Lipinski definition) is 1. The predicted molar refractivity (Wildman–Crippen MR) is 100 cm³/mol. The molecular weight excluding hydrogens is 316 g/mol. The van der Waals surface area contributed by atoms with Crippen molar-refractivity contribution in [2.24, 2.45) is 5.10 Å². The third-order valence-corrected chi connectivity index (χ3v) is 4.19. The molecule has 118 valence electrons. The van der Waals surface area contributed by atoms with E-state index < -0.39 is 0 Å². The number of thiophene rings is 1. The second-order valence-electron chi connectivity index (χ2n) is 5.03. The molecule has 24 heavy (non-hydrogen) atoms. The summed E-state index contributed by atoms with van der Waals surface area (Å²) in [7, 11) is 0. The van der Waals surface area contributed by atoms with Gasteiger partial charge in [0.1, 0.15) is 0 Å². The molecule has 0 saturated carbocycles. The molecule has 0 fully saturated rings.